The Labute approximate surface area is 133 Å². The molecule has 1 amide bonds. The van der Waals surface area contributed by atoms with Gasteiger partial charge in [0.1, 0.15) is 0 Å². The molecule has 0 radical (unpaired) electrons. The molecule has 0 atom stereocenters. The Morgan fingerprint density at radius 2 is 1.95 bits per heavy atom. The van der Waals surface area contributed by atoms with Crippen molar-refractivity contribution in [1.82, 2.24) is 9.21 Å². The first-order chi connectivity index (χ1) is 10.5. The van der Waals surface area contributed by atoms with E-state index in [9.17, 15) is 13.2 Å². The molecule has 1 fully saturated rings. The molecule has 2 rings (SSSR count). The largest absolute Gasteiger partial charge is 0.342 e. The van der Waals surface area contributed by atoms with Crippen LogP contribution in [0.5, 0.6) is 0 Å². The number of hydrogen-bond donors (Lipinski definition) is 0. The summed E-state index contributed by atoms with van der Waals surface area (Å²) < 4.78 is 26.6. The summed E-state index contributed by atoms with van der Waals surface area (Å²) in [6.45, 7) is 3.88. The summed E-state index contributed by atoms with van der Waals surface area (Å²) in [5, 5.41) is 0. The Balaban J connectivity index is 2.21. The lowest BCUT2D eigenvalue weighted by atomic mass is 10.2. The van der Waals surface area contributed by atoms with Gasteiger partial charge >= 0.3 is 0 Å². The standard InChI is InChI=1S/C16H24N2O3S/c1-3-4-10-17(2)16(19)14-8-7-9-15(13-14)22(20,21)18-11-5-6-12-18/h7-9,13H,3-6,10-12H2,1-2H3. The van der Waals surface area contributed by atoms with Crippen molar-refractivity contribution in [3.63, 3.8) is 0 Å². The molecule has 0 unspecified atom stereocenters. The minimum absolute atomic E-state index is 0.132. The fourth-order valence-electron chi connectivity index (χ4n) is 2.58. The van der Waals surface area contributed by atoms with Crippen LogP contribution in [0.25, 0.3) is 0 Å². The van der Waals surface area contributed by atoms with Gasteiger partial charge in [-0.1, -0.05) is 19.4 Å². The van der Waals surface area contributed by atoms with Crippen LogP contribution >= 0.6 is 0 Å². The zero-order valence-corrected chi connectivity index (χ0v) is 14.1. The van der Waals surface area contributed by atoms with Gasteiger partial charge in [-0.05, 0) is 37.5 Å². The van der Waals surface area contributed by atoms with Crippen LogP contribution in [0.15, 0.2) is 29.2 Å². The minimum atomic E-state index is -3.47. The van der Waals surface area contributed by atoms with E-state index in [0.717, 1.165) is 25.7 Å². The zero-order valence-electron chi connectivity index (χ0n) is 13.3. The zero-order chi connectivity index (χ0) is 16.2. The lowest BCUT2D eigenvalue weighted by Gasteiger charge is -2.18. The summed E-state index contributed by atoms with van der Waals surface area (Å²) in [5.41, 5.74) is 0.430. The first-order valence-electron chi connectivity index (χ1n) is 7.82. The number of sulfonamides is 1. The molecular weight excluding hydrogens is 300 g/mol. The van der Waals surface area contributed by atoms with Crippen LogP contribution in [0, 0.1) is 0 Å². The van der Waals surface area contributed by atoms with Gasteiger partial charge in [0.25, 0.3) is 5.91 Å². The Morgan fingerprint density at radius 1 is 1.27 bits per heavy atom. The summed E-state index contributed by atoms with van der Waals surface area (Å²) in [5.74, 6) is -0.132. The van der Waals surface area contributed by atoms with E-state index in [1.807, 2.05) is 0 Å². The van der Waals surface area contributed by atoms with E-state index in [1.54, 1.807) is 30.1 Å². The molecule has 1 aromatic carbocycles. The average molecular weight is 324 g/mol. The molecule has 5 nitrogen and oxygen atoms in total. The first kappa shape index (κ1) is 17.0. The van der Waals surface area contributed by atoms with E-state index < -0.39 is 10.0 Å². The molecular formula is C16H24N2O3S. The Kier molecular flexibility index (Phi) is 5.58. The summed E-state index contributed by atoms with van der Waals surface area (Å²) in [6, 6.07) is 6.38. The molecule has 122 valence electrons. The number of rotatable bonds is 6. The van der Waals surface area contributed by atoms with E-state index in [1.165, 1.54) is 10.4 Å². The van der Waals surface area contributed by atoms with Crippen molar-refractivity contribution in [3.05, 3.63) is 29.8 Å². The molecule has 1 saturated heterocycles. The molecule has 0 N–H and O–H groups in total. The average Bonchev–Trinajstić information content (AvgIpc) is 3.07. The molecule has 22 heavy (non-hydrogen) atoms. The van der Waals surface area contributed by atoms with Crippen molar-refractivity contribution in [2.24, 2.45) is 0 Å². The van der Waals surface area contributed by atoms with Gasteiger partial charge in [-0.25, -0.2) is 8.42 Å². The van der Waals surface area contributed by atoms with E-state index in [0.29, 0.717) is 25.2 Å². The van der Waals surface area contributed by atoms with Crippen molar-refractivity contribution in [2.45, 2.75) is 37.5 Å². The lowest BCUT2D eigenvalue weighted by molar-refractivity contribution is 0.0793. The van der Waals surface area contributed by atoms with Gasteiger partial charge in [-0.2, -0.15) is 4.31 Å². The molecule has 0 saturated carbocycles. The molecule has 1 aromatic rings. The second-order valence-electron chi connectivity index (χ2n) is 5.72. The molecule has 1 aliphatic heterocycles. The number of benzene rings is 1. The van der Waals surface area contributed by atoms with Gasteiger partial charge in [0.05, 0.1) is 4.90 Å². The summed E-state index contributed by atoms with van der Waals surface area (Å²) in [7, 11) is -1.73. The predicted molar refractivity (Wildman–Crippen MR) is 86.3 cm³/mol. The van der Waals surface area contributed by atoms with Crippen LogP contribution in [0.4, 0.5) is 0 Å². The third-order valence-corrected chi connectivity index (χ3v) is 5.87. The van der Waals surface area contributed by atoms with Crippen LogP contribution in [-0.2, 0) is 10.0 Å². The molecule has 0 aliphatic carbocycles. The fraction of sp³-hybridized carbons (Fsp3) is 0.562. The van der Waals surface area contributed by atoms with E-state index >= 15 is 0 Å². The third-order valence-electron chi connectivity index (χ3n) is 3.98. The number of carbonyl (C=O) groups excluding carboxylic acids is 1. The van der Waals surface area contributed by atoms with Crippen molar-refractivity contribution in [3.8, 4) is 0 Å². The second-order valence-corrected chi connectivity index (χ2v) is 7.66. The van der Waals surface area contributed by atoms with Crippen molar-refractivity contribution >= 4 is 15.9 Å². The first-order valence-corrected chi connectivity index (χ1v) is 9.26. The van der Waals surface area contributed by atoms with E-state index in [2.05, 4.69) is 6.92 Å². The van der Waals surface area contributed by atoms with Gasteiger partial charge in [-0.15, -0.1) is 0 Å². The highest BCUT2D eigenvalue weighted by atomic mass is 32.2. The number of unbranched alkanes of at least 4 members (excludes halogenated alkanes) is 1. The van der Waals surface area contributed by atoms with Crippen LogP contribution in [0.1, 0.15) is 43.0 Å². The maximum absolute atomic E-state index is 12.6. The topological polar surface area (TPSA) is 57.7 Å². The minimum Gasteiger partial charge on any atom is -0.342 e. The van der Waals surface area contributed by atoms with Crippen LogP contribution in [0.2, 0.25) is 0 Å². The van der Waals surface area contributed by atoms with Gasteiger partial charge in [0.2, 0.25) is 10.0 Å². The Hall–Kier alpha value is -1.40. The number of hydrogen-bond acceptors (Lipinski definition) is 3. The fourth-order valence-corrected chi connectivity index (χ4v) is 4.15. The molecule has 0 spiro atoms. The smallest absolute Gasteiger partial charge is 0.253 e. The summed E-state index contributed by atoms with van der Waals surface area (Å²) in [6.07, 6.45) is 3.75. The van der Waals surface area contributed by atoms with Gasteiger partial charge in [-0.3, -0.25) is 4.79 Å². The van der Waals surface area contributed by atoms with Gasteiger partial charge in [0, 0.05) is 32.2 Å². The van der Waals surface area contributed by atoms with Crippen LogP contribution < -0.4 is 0 Å². The van der Waals surface area contributed by atoms with Crippen molar-refractivity contribution < 1.29 is 13.2 Å². The normalized spacial score (nSPS) is 15.9. The monoisotopic (exact) mass is 324 g/mol. The number of nitrogens with zero attached hydrogens (tertiary/aromatic N) is 2. The van der Waals surface area contributed by atoms with E-state index in [4.69, 9.17) is 0 Å². The number of amides is 1. The summed E-state index contributed by atoms with van der Waals surface area (Å²) >= 11 is 0. The number of carbonyl (C=O) groups is 1. The maximum atomic E-state index is 12.6. The maximum Gasteiger partial charge on any atom is 0.253 e. The van der Waals surface area contributed by atoms with Crippen LogP contribution in [-0.4, -0.2) is 50.2 Å². The quantitative estimate of drug-likeness (QED) is 0.807. The van der Waals surface area contributed by atoms with Crippen molar-refractivity contribution in [2.75, 3.05) is 26.7 Å². The van der Waals surface area contributed by atoms with Gasteiger partial charge in [0.15, 0.2) is 0 Å². The molecule has 1 aliphatic rings. The third kappa shape index (κ3) is 3.67. The lowest BCUT2D eigenvalue weighted by Crippen LogP contribution is -2.29. The molecule has 0 bridgehead atoms. The highest BCUT2D eigenvalue weighted by Crippen LogP contribution is 2.22. The molecule has 1 heterocycles. The SMILES string of the molecule is CCCCN(C)C(=O)c1cccc(S(=O)(=O)N2CCCC2)c1. The molecule has 0 aromatic heterocycles. The predicted octanol–water partition coefficient (Wildman–Crippen LogP) is 2.34. The highest BCUT2D eigenvalue weighted by molar-refractivity contribution is 7.89. The van der Waals surface area contributed by atoms with Crippen LogP contribution in [0.3, 0.4) is 0 Å². The molecule has 6 heteroatoms. The van der Waals surface area contributed by atoms with E-state index in [-0.39, 0.29) is 10.8 Å². The Morgan fingerprint density at radius 3 is 2.59 bits per heavy atom. The second kappa shape index (κ2) is 7.24. The van der Waals surface area contributed by atoms with Crippen molar-refractivity contribution in [1.29, 1.82) is 0 Å². The Bertz CT molecular complexity index is 622. The summed E-state index contributed by atoms with van der Waals surface area (Å²) in [4.78, 5) is 14.2. The van der Waals surface area contributed by atoms with Gasteiger partial charge < -0.3 is 4.90 Å². The highest BCUT2D eigenvalue weighted by Gasteiger charge is 2.27.